The minimum Gasteiger partial charge on any atom is -0.379 e. The number of likely N-dealkylation sites (tertiary alicyclic amines) is 1. The molecule has 1 aliphatic heterocycles. The third-order valence-corrected chi connectivity index (χ3v) is 4.24. The summed E-state index contributed by atoms with van der Waals surface area (Å²) in [6, 6.07) is 4.62. The van der Waals surface area contributed by atoms with Crippen LogP contribution in [0.15, 0.2) is 30.7 Å². The van der Waals surface area contributed by atoms with Gasteiger partial charge in [0, 0.05) is 37.7 Å². The summed E-state index contributed by atoms with van der Waals surface area (Å²) in [6.45, 7) is 7.73. The van der Waals surface area contributed by atoms with Crippen molar-refractivity contribution >= 4 is 5.69 Å². The molecule has 1 fully saturated rings. The number of hydrogen-bond acceptors (Lipinski definition) is 4. The van der Waals surface area contributed by atoms with Crippen LogP contribution < -0.4 is 5.32 Å². The molecule has 0 saturated carbocycles. The van der Waals surface area contributed by atoms with Gasteiger partial charge in [-0.15, -0.1) is 0 Å². The van der Waals surface area contributed by atoms with Crippen molar-refractivity contribution in [1.82, 2.24) is 19.4 Å². The maximum Gasteiger partial charge on any atom is 0.161 e. The number of nitrogens with zero attached hydrogens (tertiary/aromatic N) is 4. The fraction of sp³-hybridized carbons (Fsp3) is 0.500. The molecule has 112 valence electrons. The lowest BCUT2D eigenvalue weighted by Gasteiger charge is -2.32. The average molecular weight is 285 g/mol. The lowest BCUT2D eigenvalue weighted by Crippen LogP contribution is -2.39. The number of pyridine rings is 1. The molecule has 0 aromatic carbocycles. The molecule has 21 heavy (non-hydrogen) atoms. The van der Waals surface area contributed by atoms with Crippen LogP contribution in [0.25, 0.3) is 5.82 Å². The molecule has 2 aromatic heterocycles. The summed E-state index contributed by atoms with van der Waals surface area (Å²) in [4.78, 5) is 11.3. The highest BCUT2D eigenvalue weighted by Gasteiger charge is 2.19. The Kier molecular flexibility index (Phi) is 4.20. The monoisotopic (exact) mass is 285 g/mol. The number of rotatable bonds is 4. The average Bonchev–Trinajstić information content (AvgIpc) is 2.95. The summed E-state index contributed by atoms with van der Waals surface area (Å²) in [5.74, 6) is 1.89. The number of aryl methyl sites for hydroxylation is 1. The highest BCUT2D eigenvalue weighted by Crippen LogP contribution is 2.22. The third kappa shape index (κ3) is 3.08. The molecule has 0 atom stereocenters. The third-order valence-electron chi connectivity index (χ3n) is 4.24. The van der Waals surface area contributed by atoms with Crippen LogP contribution in [0.3, 0.4) is 0 Å². The molecule has 2 aromatic rings. The van der Waals surface area contributed by atoms with E-state index in [2.05, 4.69) is 33.2 Å². The zero-order chi connectivity index (χ0) is 14.7. The molecule has 3 heterocycles. The van der Waals surface area contributed by atoms with E-state index in [0.29, 0.717) is 6.04 Å². The van der Waals surface area contributed by atoms with E-state index >= 15 is 0 Å². The molecule has 5 nitrogen and oxygen atoms in total. The lowest BCUT2D eigenvalue weighted by atomic mass is 10.0. The first-order chi connectivity index (χ1) is 10.3. The van der Waals surface area contributed by atoms with E-state index in [1.807, 2.05) is 36.1 Å². The molecule has 0 radical (unpaired) electrons. The predicted octanol–water partition coefficient (Wildman–Crippen LogP) is 2.47. The van der Waals surface area contributed by atoms with Crippen molar-refractivity contribution in [1.29, 1.82) is 0 Å². The Morgan fingerprint density at radius 2 is 2.05 bits per heavy atom. The normalized spacial score (nSPS) is 17.0. The van der Waals surface area contributed by atoms with Gasteiger partial charge in [0.25, 0.3) is 0 Å². The largest absolute Gasteiger partial charge is 0.379 e. The van der Waals surface area contributed by atoms with E-state index in [1.165, 1.54) is 25.9 Å². The zero-order valence-electron chi connectivity index (χ0n) is 12.8. The molecule has 0 amide bonds. The molecular weight excluding hydrogens is 262 g/mol. The lowest BCUT2D eigenvalue weighted by molar-refractivity contribution is 0.229. The molecule has 0 spiro atoms. The second kappa shape index (κ2) is 6.26. The van der Waals surface area contributed by atoms with Crippen molar-refractivity contribution in [2.45, 2.75) is 32.7 Å². The second-order valence-corrected chi connectivity index (χ2v) is 5.57. The fourth-order valence-electron chi connectivity index (χ4n) is 2.92. The molecule has 1 saturated heterocycles. The van der Waals surface area contributed by atoms with Crippen molar-refractivity contribution in [2.75, 3.05) is 25.0 Å². The number of piperidine rings is 1. The number of hydrogen-bond donors (Lipinski definition) is 1. The summed E-state index contributed by atoms with van der Waals surface area (Å²) in [7, 11) is 0. The van der Waals surface area contributed by atoms with E-state index in [0.717, 1.165) is 23.9 Å². The fourth-order valence-corrected chi connectivity index (χ4v) is 2.92. The van der Waals surface area contributed by atoms with Gasteiger partial charge in [0.1, 0.15) is 5.82 Å². The van der Waals surface area contributed by atoms with Gasteiger partial charge in [0.2, 0.25) is 0 Å². The quantitative estimate of drug-likeness (QED) is 0.937. The molecule has 3 rings (SSSR count). The Morgan fingerprint density at radius 1 is 1.24 bits per heavy atom. The van der Waals surface area contributed by atoms with Crippen molar-refractivity contribution in [3.05, 3.63) is 36.5 Å². The minimum absolute atomic E-state index is 0.527. The van der Waals surface area contributed by atoms with Gasteiger partial charge < -0.3 is 10.2 Å². The van der Waals surface area contributed by atoms with E-state index in [9.17, 15) is 0 Å². The highest BCUT2D eigenvalue weighted by molar-refractivity contribution is 5.57. The van der Waals surface area contributed by atoms with Crippen LogP contribution >= 0.6 is 0 Å². The van der Waals surface area contributed by atoms with Crippen LogP contribution in [0.1, 0.15) is 25.6 Å². The van der Waals surface area contributed by atoms with Crippen LogP contribution in [0.5, 0.6) is 0 Å². The van der Waals surface area contributed by atoms with Gasteiger partial charge in [-0.3, -0.25) is 4.57 Å². The van der Waals surface area contributed by atoms with Crippen LogP contribution in [0.4, 0.5) is 5.69 Å². The van der Waals surface area contributed by atoms with Gasteiger partial charge in [-0.2, -0.15) is 0 Å². The Bertz CT molecular complexity index is 584. The first-order valence-corrected chi connectivity index (χ1v) is 7.72. The smallest absolute Gasteiger partial charge is 0.161 e. The van der Waals surface area contributed by atoms with Crippen molar-refractivity contribution in [2.24, 2.45) is 0 Å². The number of anilines is 1. The van der Waals surface area contributed by atoms with E-state index in [-0.39, 0.29) is 0 Å². The van der Waals surface area contributed by atoms with Gasteiger partial charge in [0.15, 0.2) is 5.82 Å². The summed E-state index contributed by atoms with van der Waals surface area (Å²) in [5, 5.41) is 3.67. The maximum atomic E-state index is 4.53. The topological polar surface area (TPSA) is 46.0 Å². The van der Waals surface area contributed by atoms with Gasteiger partial charge in [0.05, 0.1) is 5.69 Å². The number of nitrogens with one attached hydrogen (secondary N) is 1. The van der Waals surface area contributed by atoms with Crippen LogP contribution in [0, 0.1) is 6.92 Å². The first kappa shape index (κ1) is 14.1. The SMILES string of the molecule is CCN1CCC(Nc2cccnc2-n2ccnc2C)CC1. The highest BCUT2D eigenvalue weighted by atomic mass is 15.2. The van der Waals surface area contributed by atoms with Crippen LogP contribution in [0.2, 0.25) is 0 Å². The first-order valence-electron chi connectivity index (χ1n) is 7.72. The standard InChI is InChI=1S/C16H23N5/c1-3-20-10-6-14(7-11-20)19-15-5-4-8-18-16(15)21-12-9-17-13(21)2/h4-5,8-9,12,14,19H,3,6-7,10-11H2,1-2H3. The van der Waals surface area contributed by atoms with Crippen molar-refractivity contribution < 1.29 is 0 Å². The molecular formula is C16H23N5. The summed E-state index contributed by atoms with van der Waals surface area (Å²) >= 11 is 0. The van der Waals surface area contributed by atoms with Crippen molar-refractivity contribution in [3.63, 3.8) is 0 Å². The molecule has 1 aliphatic rings. The Balaban J connectivity index is 1.76. The van der Waals surface area contributed by atoms with Gasteiger partial charge in [-0.25, -0.2) is 9.97 Å². The maximum absolute atomic E-state index is 4.53. The second-order valence-electron chi connectivity index (χ2n) is 5.57. The zero-order valence-corrected chi connectivity index (χ0v) is 12.8. The van der Waals surface area contributed by atoms with Gasteiger partial charge >= 0.3 is 0 Å². The Morgan fingerprint density at radius 3 is 2.71 bits per heavy atom. The predicted molar refractivity (Wildman–Crippen MR) is 84.9 cm³/mol. The summed E-state index contributed by atoms with van der Waals surface area (Å²) in [6.07, 6.45) is 7.98. The van der Waals surface area contributed by atoms with Crippen molar-refractivity contribution in [3.8, 4) is 5.82 Å². The molecule has 0 aliphatic carbocycles. The van der Waals surface area contributed by atoms with Crippen LogP contribution in [-0.2, 0) is 0 Å². The molecule has 1 N–H and O–H groups in total. The number of aromatic nitrogens is 3. The Labute approximate surface area is 126 Å². The van der Waals surface area contributed by atoms with E-state index in [1.54, 1.807) is 0 Å². The van der Waals surface area contributed by atoms with E-state index in [4.69, 9.17) is 0 Å². The number of imidazole rings is 1. The van der Waals surface area contributed by atoms with Gasteiger partial charge in [-0.05, 0) is 38.4 Å². The summed E-state index contributed by atoms with van der Waals surface area (Å²) in [5.41, 5.74) is 1.09. The Hall–Kier alpha value is -1.88. The minimum atomic E-state index is 0.527. The van der Waals surface area contributed by atoms with Crippen LogP contribution in [-0.4, -0.2) is 45.1 Å². The molecule has 0 unspecified atom stereocenters. The molecule has 0 bridgehead atoms. The summed E-state index contributed by atoms with van der Waals surface area (Å²) < 4.78 is 2.03. The molecule has 5 heteroatoms. The van der Waals surface area contributed by atoms with Gasteiger partial charge in [-0.1, -0.05) is 6.92 Å². The van der Waals surface area contributed by atoms with E-state index < -0.39 is 0 Å².